The van der Waals surface area contributed by atoms with E-state index in [9.17, 15) is 43.5 Å². The molecular weight excluding hydrogens is 696 g/mol. The summed E-state index contributed by atoms with van der Waals surface area (Å²) in [6.07, 6.45) is -14.5. The maximum atomic E-state index is 14.1. The number of esters is 7. The van der Waals surface area contributed by atoms with Crippen LogP contribution in [0.3, 0.4) is 0 Å². The average molecular weight is 746 g/mol. The number of amides is 1. The number of carbonyl (C=O) groups is 8. The maximum absolute atomic E-state index is 14.1. The lowest BCUT2D eigenvalue weighted by atomic mass is 9.86. The number of ether oxygens (including phenoxy) is 8. The summed E-state index contributed by atoms with van der Waals surface area (Å²) >= 11 is 0. The molecule has 0 saturated carbocycles. The van der Waals surface area contributed by atoms with Crippen molar-refractivity contribution in [3.8, 4) is 0 Å². The van der Waals surface area contributed by atoms with Crippen LogP contribution in [0.25, 0.3) is 0 Å². The summed E-state index contributed by atoms with van der Waals surface area (Å²) in [6, 6.07) is 6.63. The van der Waals surface area contributed by atoms with Crippen LogP contribution in [0.4, 0.5) is 0 Å². The highest BCUT2D eigenvalue weighted by Gasteiger charge is 2.56. The van der Waals surface area contributed by atoms with Crippen LogP contribution in [0.1, 0.15) is 60.8 Å². The van der Waals surface area contributed by atoms with Crippen LogP contribution in [0.5, 0.6) is 0 Å². The number of carbonyl (C=O) groups excluding carboxylic acids is 8. The van der Waals surface area contributed by atoms with Gasteiger partial charge in [-0.3, -0.25) is 38.4 Å². The van der Waals surface area contributed by atoms with Gasteiger partial charge < -0.3 is 54.1 Å². The van der Waals surface area contributed by atoms with Crippen LogP contribution in [0.2, 0.25) is 0 Å². The van der Waals surface area contributed by atoms with Gasteiger partial charge in [-0.1, -0.05) is 30.3 Å². The van der Waals surface area contributed by atoms with E-state index in [0.717, 1.165) is 13.8 Å². The predicted molar refractivity (Wildman–Crippen MR) is 171 cm³/mol. The minimum atomic E-state index is -2.50. The molecule has 4 N–H and O–H groups in total. The first-order valence-corrected chi connectivity index (χ1v) is 15.1. The van der Waals surface area contributed by atoms with E-state index in [1.807, 2.05) is 0 Å². The summed E-state index contributed by atoms with van der Waals surface area (Å²) < 4.78 is 79.1. The second-order valence-electron chi connectivity index (χ2n) is 11.1. The number of hydrogen-bond donors (Lipinski definition) is 3. The van der Waals surface area contributed by atoms with E-state index in [-0.39, 0.29) is 6.42 Å². The Hall–Kier alpha value is -5.14. The van der Waals surface area contributed by atoms with Crippen molar-refractivity contribution >= 4 is 47.7 Å². The van der Waals surface area contributed by atoms with E-state index < -0.39 is 150 Å². The fourth-order valence-corrected chi connectivity index (χ4v) is 5.16. The third-order valence-corrected chi connectivity index (χ3v) is 7.03. The molecule has 9 atom stereocenters. The summed E-state index contributed by atoms with van der Waals surface area (Å²) in [5.74, 6) is -12.6. The van der Waals surface area contributed by atoms with E-state index >= 15 is 0 Å². The molecule has 1 heterocycles. The molecule has 0 radical (unpaired) electrons. The van der Waals surface area contributed by atoms with Crippen molar-refractivity contribution in [3.63, 3.8) is 0 Å². The topological polar surface area (TPSA) is 269 Å². The number of rotatable bonds is 16. The van der Waals surface area contributed by atoms with Crippen molar-refractivity contribution in [2.75, 3.05) is 13.2 Å². The zero-order chi connectivity index (χ0) is 42.9. The highest BCUT2D eigenvalue weighted by atomic mass is 16.7. The van der Waals surface area contributed by atoms with Crippen molar-refractivity contribution in [1.82, 2.24) is 5.32 Å². The third-order valence-electron chi connectivity index (χ3n) is 7.03. The quantitative estimate of drug-likeness (QED) is 0.134. The smallest absolute Gasteiger partial charge is 0.303 e. The Morgan fingerprint density at radius 1 is 0.788 bits per heavy atom. The summed E-state index contributed by atoms with van der Waals surface area (Å²) in [4.78, 5) is 100. The van der Waals surface area contributed by atoms with Crippen LogP contribution in [0.15, 0.2) is 30.3 Å². The largest absolute Gasteiger partial charge is 0.462 e. The number of nitrogens with one attached hydrogen (secondary N) is 1. The Balaban J connectivity index is 2.71. The molecule has 2 rings (SSSR count). The van der Waals surface area contributed by atoms with Gasteiger partial charge in [0, 0.05) is 68.2 Å². The molecular formula is C33H44N2O17. The summed E-state index contributed by atoms with van der Waals surface area (Å²) in [7, 11) is 0. The molecule has 19 heteroatoms. The molecule has 288 valence electrons. The van der Waals surface area contributed by atoms with E-state index in [4.69, 9.17) is 50.5 Å². The maximum Gasteiger partial charge on any atom is 0.303 e. The van der Waals surface area contributed by atoms with E-state index in [0.29, 0.717) is 5.56 Å². The van der Waals surface area contributed by atoms with Crippen molar-refractivity contribution < 1.29 is 88.2 Å². The van der Waals surface area contributed by atoms with Crippen LogP contribution >= 0.6 is 0 Å². The molecule has 1 amide bonds. The first-order chi connectivity index (χ1) is 26.9. The highest BCUT2D eigenvalue weighted by molar-refractivity contribution is 5.84. The standard InChI is InChI=1S/C33H44N2O17/c1-16(36)45-15-25(46-17(2)37)27(48-19(4)39)28(49-20(5)40)30(51-22(7)42)32(43)35-14-24-26(47-18(3)38)29(50-21(6)41)31(34)33(44,52-24)13-23-11-9-8-10-12-23/h8-12,24-31,44H,13-15,34H2,1-7H3,(H,35,43)/t24-,25-,26-,27+,28-,29+,30-,31-,33+/m1/s1/i1D,2D,4D,5D,7D. The van der Waals surface area contributed by atoms with Crippen molar-refractivity contribution in [2.45, 2.75) is 109 Å². The molecule has 52 heavy (non-hydrogen) atoms. The Labute approximate surface area is 305 Å². The van der Waals surface area contributed by atoms with E-state index in [1.54, 1.807) is 30.3 Å². The SMILES string of the molecule is [2H]CC(=O)OC[C@@H](OC(=O)C[2H])[C@H](OC(=O)C[2H])[C@@H](OC(=O)C[2H])[C@@H](OC(=O)C[2H])C(=O)NC[C@H]1O[C@@](O)(Cc2ccccc2)[C@H](N)[C@@H](OC(C)=O)[C@@H]1OC(C)=O. The molecule has 1 aromatic carbocycles. The zero-order valence-corrected chi connectivity index (χ0v) is 28.2. The molecule has 0 bridgehead atoms. The van der Waals surface area contributed by atoms with Gasteiger partial charge in [-0.25, -0.2) is 0 Å². The molecule has 1 fully saturated rings. The third kappa shape index (κ3) is 13.2. The number of nitrogens with two attached hydrogens (primary N) is 1. The van der Waals surface area contributed by atoms with Gasteiger partial charge in [0.15, 0.2) is 36.3 Å². The van der Waals surface area contributed by atoms with Crippen molar-refractivity contribution in [3.05, 3.63) is 35.9 Å². The zero-order valence-electron chi connectivity index (χ0n) is 33.2. The summed E-state index contributed by atoms with van der Waals surface area (Å²) in [6.45, 7) is -5.39. The first kappa shape index (κ1) is 35.3. The molecule has 0 spiro atoms. The number of benzene rings is 1. The molecule has 0 unspecified atom stereocenters. The fourth-order valence-electron chi connectivity index (χ4n) is 5.16. The second-order valence-corrected chi connectivity index (χ2v) is 11.1. The molecule has 0 aliphatic carbocycles. The highest BCUT2D eigenvalue weighted by Crippen LogP contribution is 2.33. The van der Waals surface area contributed by atoms with Crippen molar-refractivity contribution in [2.24, 2.45) is 5.73 Å². The van der Waals surface area contributed by atoms with E-state index in [1.165, 1.54) is 0 Å². The first-order valence-electron chi connectivity index (χ1n) is 18.7. The van der Waals surface area contributed by atoms with Crippen LogP contribution < -0.4 is 11.1 Å². The van der Waals surface area contributed by atoms with Crippen molar-refractivity contribution in [1.29, 1.82) is 0 Å². The summed E-state index contributed by atoms with van der Waals surface area (Å²) in [5.41, 5.74) is 6.83. The Morgan fingerprint density at radius 2 is 1.33 bits per heavy atom. The lowest BCUT2D eigenvalue weighted by Crippen LogP contribution is -2.71. The molecule has 0 aromatic heterocycles. The predicted octanol–water partition coefficient (Wildman–Crippen LogP) is -1.09. The average Bonchev–Trinajstić information content (AvgIpc) is 3.18. The van der Waals surface area contributed by atoms with Crippen LogP contribution in [0, 0.1) is 0 Å². The summed E-state index contributed by atoms with van der Waals surface area (Å²) in [5, 5.41) is 14.0. The number of hydrogen-bond acceptors (Lipinski definition) is 18. The van der Waals surface area contributed by atoms with Crippen LogP contribution in [-0.4, -0.2) is 121 Å². The molecule has 1 saturated heterocycles. The van der Waals surface area contributed by atoms with Crippen LogP contribution in [-0.2, 0) is 82.7 Å². The van der Waals surface area contributed by atoms with Gasteiger partial charge in [0.2, 0.25) is 6.10 Å². The minimum absolute atomic E-state index is 0.328. The molecule has 1 aliphatic heterocycles. The van der Waals surface area contributed by atoms with Gasteiger partial charge in [-0.15, -0.1) is 0 Å². The van der Waals surface area contributed by atoms with Gasteiger partial charge in [0.05, 0.1) is 0 Å². The lowest BCUT2D eigenvalue weighted by Gasteiger charge is -2.48. The Kier molecular flexibility index (Phi) is 13.2. The molecule has 19 nitrogen and oxygen atoms in total. The number of aliphatic hydroxyl groups is 1. The van der Waals surface area contributed by atoms with Gasteiger partial charge >= 0.3 is 41.8 Å². The molecule has 1 aromatic rings. The van der Waals surface area contributed by atoms with Gasteiger partial charge in [0.1, 0.15) is 18.8 Å². The van der Waals surface area contributed by atoms with Gasteiger partial charge in [-0.2, -0.15) is 0 Å². The van der Waals surface area contributed by atoms with E-state index in [2.05, 4.69) is 5.32 Å². The molecule has 1 aliphatic rings. The Bertz CT molecular complexity index is 1580. The van der Waals surface area contributed by atoms with Gasteiger partial charge in [0.25, 0.3) is 5.91 Å². The fraction of sp³-hybridized carbons (Fsp3) is 0.576. The normalized spacial score (nSPS) is 24.5. The second kappa shape index (κ2) is 19.5. The monoisotopic (exact) mass is 745 g/mol. The Morgan fingerprint density at radius 3 is 1.90 bits per heavy atom. The van der Waals surface area contributed by atoms with Gasteiger partial charge in [-0.05, 0) is 5.56 Å². The minimum Gasteiger partial charge on any atom is -0.462 e. The lowest BCUT2D eigenvalue weighted by molar-refractivity contribution is -0.310.